The summed E-state index contributed by atoms with van der Waals surface area (Å²) in [5.41, 5.74) is 1.06. The lowest BCUT2D eigenvalue weighted by molar-refractivity contribution is -0.151. The Morgan fingerprint density at radius 3 is 2.62 bits per heavy atom. The first-order valence-corrected chi connectivity index (χ1v) is 8.93. The standard InChI is InChI=1S/C19H21ClN2O4/c1-11-9-22(10-12(2)25-11)18(23)13(3)26-19(24)15-4-6-16-14(8-15)5-7-17(20)21-16/h4-8,11-13H,9-10H2,1-3H3. The summed E-state index contributed by atoms with van der Waals surface area (Å²) in [6.45, 7) is 6.41. The molecule has 138 valence electrons. The van der Waals surface area contributed by atoms with E-state index in [0.717, 1.165) is 5.39 Å². The zero-order valence-corrected chi connectivity index (χ0v) is 15.7. The predicted octanol–water partition coefficient (Wildman–Crippen LogP) is 3.07. The van der Waals surface area contributed by atoms with Gasteiger partial charge in [-0.15, -0.1) is 0 Å². The van der Waals surface area contributed by atoms with E-state index >= 15 is 0 Å². The van der Waals surface area contributed by atoms with Crippen molar-refractivity contribution >= 4 is 34.4 Å². The van der Waals surface area contributed by atoms with Crippen LogP contribution in [0.4, 0.5) is 0 Å². The Balaban J connectivity index is 1.68. The van der Waals surface area contributed by atoms with Gasteiger partial charge in [-0.25, -0.2) is 9.78 Å². The fourth-order valence-electron chi connectivity index (χ4n) is 3.12. The first-order chi connectivity index (χ1) is 12.3. The summed E-state index contributed by atoms with van der Waals surface area (Å²) in [6, 6.07) is 8.44. The van der Waals surface area contributed by atoms with Gasteiger partial charge in [-0.1, -0.05) is 11.6 Å². The molecule has 1 aliphatic rings. The van der Waals surface area contributed by atoms with E-state index in [9.17, 15) is 9.59 Å². The van der Waals surface area contributed by atoms with Gasteiger partial charge in [-0.2, -0.15) is 0 Å². The zero-order valence-electron chi connectivity index (χ0n) is 14.9. The molecule has 1 amide bonds. The Morgan fingerprint density at radius 1 is 1.23 bits per heavy atom. The van der Waals surface area contributed by atoms with Gasteiger partial charge in [-0.05, 0) is 51.1 Å². The lowest BCUT2D eigenvalue weighted by Crippen LogP contribution is -2.51. The highest BCUT2D eigenvalue weighted by Gasteiger charge is 2.30. The summed E-state index contributed by atoms with van der Waals surface area (Å²) in [5.74, 6) is -0.758. The SMILES string of the molecule is CC1CN(C(=O)C(C)OC(=O)c2ccc3nc(Cl)ccc3c2)CC(C)O1. The molecular weight excluding hydrogens is 356 g/mol. The second-order valence-corrected chi connectivity index (χ2v) is 6.98. The van der Waals surface area contributed by atoms with Gasteiger partial charge in [0.2, 0.25) is 0 Å². The third-order valence-corrected chi connectivity index (χ3v) is 4.46. The number of ether oxygens (including phenoxy) is 2. The van der Waals surface area contributed by atoms with Gasteiger partial charge < -0.3 is 14.4 Å². The molecule has 26 heavy (non-hydrogen) atoms. The second-order valence-electron chi connectivity index (χ2n) is 6.59. The van der Waals surface area contributed by atoms with Gasteiger partial charge in [0.25, 0.3) is 5.91 Å². The van der Waals surface area contributed by atoms with Crippen LogP contribution >= 0.6 is 11.6 Å². The van der Waals surface area contributed by atoms with E-state index < -0.39 is 12.1 Å². The molecule has 0 spiro atoms. The highest BCUT2D eigenvalue weighted by Crippen LogP contribution is 2.19. The van der Waals surface area contributed by atoms with Crippen LogP contribution in [0.5, 0.6) is 0 Å². The van der Waals surface area contributed by atoms with Crippen LogP contribution < -0.4 is 0 Å². The zero-order chi connectivity index (χ0) is 18.8. The van der Waals surface area contributed by atoms with Gasteiger partial charge in [0.1, 0.15) is 5.15 Å². The monoisotopic (exact) mass is 376 g/mol. The Labute approximate surface area is 157 Å². The van der Waals surface area contributed by atoms with E-state index in [1.807, 2.05) is 13.8 Å². The van der Waals surface area contributed by atoms with Crippen molar-refractivity contribution in [1.29, 1.82) is 0 Å². The van der Waals surface area contributed by atoms with Gasteiger partial charge in [0.15, 0.2) is 6.10 Å². The first-order valence-electron chi connectivity index (χ1n) is 8.55. The average molecular weight is 377 g/mol. The lowest BCUT2D eigenvalue weighted by atomic mass is 10.1. The molecule has 0 aliphatic carbocycles. The molecule has 7 heteroatoms. The molecule has 1 fully saturated rings. The largest absolute Gasteiger partial charge is 0.449 e. The van der Waals surface area contributed by atoms with E-state index in [1.165, 1.54) is 0 Å². The topological polar surface area (TPSA) is 68.7 Å². The van der Waals surface area contributed by atoms with Crippen LogP contribution in [0.25, 0.3) is 10.9 Å². The molecule has 1 aliphatic heterocycles. The van der Waals surface area contributed by atoms with E-state index in [-0.39, 0.29) is 18.1 Å². The Hall–Kier alpha value is -2.18. The average Bonchev–Trinajstić information content (AvgIpc) is 2.59. The quantitative estimate of drug-likeness (QED) is 0.608. The lowest BCUT2D eigenvalue weighted by Gasteiger charge is -2.36. The van der Waals surface area contributed by atoms with Crippen LogP contribution in [-0.4, -0.2) is 53.2 Å². The summed E-state index contributed by atoms with van der Waals surface area (Å²) >= 11 is 5.87. The number of hydrogen-bond donors (Lipinski definition) is 0. The summed E-state index contributed by atoms with van der Waals surface area (Å²) in [5, 5.41) is 1.17. The summed E-state index contributed by atoms with van der Waals surface area (Å²) < 4.78 is 11.0. The van der Waals surface area contributed by atoms with E-state index in [1.54, 1.807) is 42.2 Å². The van der Waals surface area contributed by atoms with Crippen molar-refractivity contribution in [2.75, 3.05) is 13.1 Å². The van der Waals surface area contributed by atoms with Crippen LogP contribution in [0.2, 0.25) is 5.15 Å². The number of pyridine rings is 1. The summed E-state index contributed by atoms with van der Waals surface area (Å²) in [4.78, 5) is 30.9. The maximum atomic E-state index is 12.6. The van der Waals surface area contributed by atoms with Crippen molar-refractivity contribution in [3.63, 3.8) is 0 Å². The second kappa shape index (κ2) is 7.60. The number of carbonyl (C=O) groups is 2. The normalized spacial score (nSPS) is 21.5. The molecule has 1 aromatic carbocycles. The minimum Gasteiger partial charge on any atom is -0.449 e. The third kappa shape index (κ3) is 4.14. The van der Waals surface area contributed by atoms with Crippen LogP contribution in [0.3, 0.4) is 0 Å². The number of aromatic nitrogens is 1. The van der Waals surface area contributed by atoms with Crippen molar-refractivity contribution < 1.29 is 19.1 Å². The van der Waals surface area contributed by atoms with Crippen molar-refractivity contribution in [3.05, 3.63) is 41.0 Å². The molecule has 3 unspecified atom stereocenters. The number of nitrogens with zero attached hydrogens (tertiary/aromatic N) is 2. The van der Waals surface area contributed by atoms with Gasteiger partial charge >= 0.3 is 5.97 Å². The Bertz CT molecular complexity index is 831. The third-order valence-electron chi connectivity index (χ3n) is 4.25. The summed E-state index contributed by atoms with van der Waals surface area (Å²) in [7, 11) is 0. The van der Waals surface area contributed by atoms with Crippen LogP contribution in [0.1, 0.15) is 31.1 Å². The molecule has 1 saturated heterocycles. The molecule has 2 aromatic rings. The molecule has 0 bridgehead atoms. The number of carbonyl (C=O) groups excluding carboxylic acids is 2. The molecule has 2 heterocycles. The number of morpholine rings is 1. The Morgan fingerprint density at radius 2 is 1.92 bits per heavy atom. The Kier molecular flexibility index (Phi) is 5.44. The van der Waals surface area contributed by atoms with Crippen LogP contribution in [0.15, 0.2) is 30.3 Å². The number of halogens is 1. The van der Waals surface area contributed by atoms with E-state index in [0.29, 0.717) is 29.3 Å². The van der Waals surface area contributed by atoms with Gasteiger partial charge in [0.05, 0.1) is 23.3 Å². The minimum absolute atomic E-state index is 0.0367. The maximum Gasteiger partial charge on any atom is 0.338 e. The smallest absolute Gasteiger partial charge is 0.338 e. The molecule has 0 N–H and O–H groups in total. The molecular formula is C19H21ClN2O4. The van der Waals surface area contributed by atoms with Crippen molar-refractivity contribution in [1.82, 2.24) is 9.88 Å². The van der Waals surface area contributed by atoms with Gasteiger partial charge in [0, 0.05) is 18.5 Å². The molecule has 3 rings (SSSR count). The van der Waals surface area contributed by atoms with Crippen LogP contribution in [0, 0.1) is 0 Å². The highest BCUT2D eigenvalue weighted by molar-refractivity contribution is 6.29. The molecule has 1 aromatic heterocycles. The number of esters is 1. The van der Waals surface area contributed by atoms with Crippen LogP contribution in [-0.2, 0) is 14.3 Å². The van der Waals surface area contributed by atoms with Gasteiger partial charge in [-0.3, -0.25) is 4.79 Å². The fraction of sp³-hybridized carbons (Fsp3) is 0.421. The number of hydrogen-bond acceptors (Lipinski definition) is 5. The summed E-state index contributed by atoms with van der Waals surface area (Å²) in [6.07, 6.45) is -0.935. The predicted molar refractivity (Wildman–Crippen MR) is 98.2 cm³/mol. The molecule has 0 radical (unpaired) electrons. The van der Waals surface area contributed by atoms with E-state index in [4.69, 9.17) is 21.1 Å². The molecule has 6 nitrogen and oxygen atoms in total. The maximum absolute atomic E-state index is 12.6. The number of benzene rings is 1. The van der Waals surface area contributed by atoms with E-state index in [2.05, 4.69) is 4.98 Å². The minimum atomic E-state index is -0.862. The molecule has 0 saturated carbocycles. The van der Waals surface area contributed by atoms with Crippen molar-refractivity contribution in [2.45, 2.75) is 39.1 Å². The highest BCUT2D eigenvalue weighted by atomic mass is 35.5. The fourth-order valence-corrected chi connectivity index (χ4v) is 3.28. The number of fused-ring (bicyclic) bond motifs is 1. The van der Waals surface area contributed by atoms with Crippen molar-refractivity contribution in [3.8, 4) is 0 Å². The number of amides is 1. The first kappa shape index (κ1) is 18.6. The molecule has 3 atom stereocenters. The van der Waals surface area contributed by atoms with Crippen molar-refractivity contribution in [2.24, 2.45) is 0 Å². The number of rotatable bonds is 3.